The van der Waals surface area contributed by atoms with Crippen molar-refractivity contribution in [1.82, 2.24) is 9.97 Å². The molecule has 7 N–H and O–H groups in total. The van der Waals surface area contributed by atoms with Crippen molar-refractivity contribution in [3.8, 4) is 0 Å². The lowest BCUT2D eigenvalue weighted by molar-refractivity contribution is -0.214. The minimum Gasteiger partial charge on any atom is -0.859 e. The van der Waals surface area contributed by atoms with E-state index in [-0.39, 0.29) is 23.3 Å². The second-order valence-corrected chi connectivity index (χ2v) is 6.28. The maximum Gasteiger partial charge on any atom is 0.224 e. The number of hydrogen-bond donors (Lipinski definition) is 6. The molecule has 1 atom stereocenters. The van der Waals surface area contributed by atoms with Gasteiger partial charge in [-0.1, -0.05) is 19.9 Å². The third-order valence-electron chi connectivity index (χ3n) is 3.87. The average Bonchev–Trinajstić information content (AvgIpc) is 2.66. The normalized spacial score (nSPS) is 12.0. The van der Waals surface area contributed by atoms with Gasteiger partial charge in [0, 0.05) is 36.2 Å². The Morgan fingerprint density at radius 3 is 2.75 bits per heavy atom. The van der Waals surface area contributed by atoms with Gasteiger partial charge < -0.3 is 32.3 Å². The first-order valence-corrected chi connectivity index (χ1v) is 8.69. The summed E-state index contributed by atoms with van der Waals surface area (Å²) in [6.07, 6.45) is 3.68. The van der Waals surface area contributed by atoms with Gasteiger partial charge in [0.25, 0.3) is 0 Å². The number of hydrogen-bond acceptors (Lipinski definition) is 10. The summed E-state index contributed by atoms with van der Waals surface area (Å²) < 4.78 is 0. The molecule has 2 rings (SSSR count). The highest BCUT2D eigenvalue weighted by molar-refractivity contribution is 6.14. The second-order valence-electron chi connectivity index (χ2n) is 6.28. The summed E-state index contributed by atoms with van der Waals surface area (Å²) in [7, 11) is 0. The van der Waals surface area contributed by atoms with Gasteiger partial charge in [-0.2, -0.15) is 10.1 Å². The van der Waals surface area contributed by atoms with Gasteiger partial charge in [0.15, 0.2) is 0 Å². The number of nitrogens with two attached hydrogens (primary N) is 1. The molecule has 10 nitrogen and oxygen atoms in total. The predicted octanol–water partition coefficient (Wildman–Crippen LogP) is 1.35. The summed E-state index contributed by atoms with van der Waals surface area (Å²) in [5, 5.41) is 36.1. The van der Waals surface area contributed by atoms with Crippen molar-refractivity contribution in [2.24, 2.45) is 16.8 Å². The van der Waals surface area contributed by atoms with Gasteiger partial charge in [0.2, 0.25) is 5.95 Å². The van der Waals surface area contributed by atoms with Crippen LogP contribution in [0.3, 0.4) is 0 Å². The van der Waals surface area contributed by atoms with E-state index in [0.717, 1.165) is 6.21 Å². The zero-order chi connectivity index (χ0) is 20.5. The van der Waals surface area contributed by atoms with E-state index in [4.69, 9.17) is 16.6 Å². The number of nitrogens with one attached hydrogen (secondary N) is 5. The summed E-state index contributed by atoms with van der Waals surface area (Å²) >= 11 is 0. The molecule has 0 unspecified atom stereocenters. The quantitative estimate of drug-likeness (QED) is 0.204. The van der Waals surface area contributed by atoms with Crippen LogP contribution < -0.4 is 26.9 Å². The molecular formula is C18H24N9O-. The Morgan fingerprint density at radius 2 is 2.11 bits per heavy atom. The third-order valence-corrected chi connectivity index (χ3v) is 3.87. The van der Waals surface area contributed by atoms with Crippen molar-refractivity contribution in [3.63, 3.8) is 0 Å². The second kappa shape index (κ2) is 9.97. The van der Waals surface area contributed by atoms with Gasteiger partial charge in [-0.3, -0.25) is 5.43 Å². The highest BCUT2D eigenvalue weighted by Crippen LogP contribution is 2.22. The molecule has 1 heterocycles. The zero-order valence-electron chi connectivity index (χ0n) is 15.7. The van der Waals surface area contributed by atoms with Gasteiger partial charge in [-0.05, 0) is 30.0 Å². The number of benzene rings is 1. The summed E-state index contributed by atoms with van der Waals surface area (Å²) in [5.41, 5.74) is 9.93. The molecule has 0 fully saturated rings. The molecule has 1 aromatic heterocycles. The molecule has 10 heteroatoms. The van der Waals surface area contributed by atoms with Crippen LogP contribution >= 0.6 is 0 Å². The maximum absolute atomic E-state index is 11.6. The fraction of sp³-hybridized carbons (Fsp3) is 0.278. The minimum absolute atomic E-state index is 0.0235. The molecule has 0 radical (unpaired) electrons. The molecule has 0 saturated carbocycles. The molecule has 0 saturated heterocycles. The molecule has 0 spiro atoms. The highest BCUT2D eigenvalue weighted by atomic mass is 16.3. The third kappa shape index (κ3) is 5.74. The smallest absolute Gasteiger partial charge is 0.224 e. The Labute approximate surface area is 163 Å². The Hall–Kier alpha value is -3.53. The predicted molar refractivity (Wildman–Crippen MR) is 111 cm³/mol. The first-order chi connectivity index (χ1) is 13.4. The van der Waals surface area contributed by atoms with Gasteiger partial charge in [0.05, 0.1) is 11.9 Å². The Balaban J connectivity index is 2.28. The van der Waals surface area contributed by atoms with Gasteiger partial charge >= 0.3 is 0 Å². The monoisotopic (exact) mass is 382 g/mol. The van der Waals surface area contributed by atoms with Crippen molar-refractivity contribution in [1.29, 1.82) is 10.8 Å². The van der Waals surface area contributed by atoms with Crippen molar-refractivity contribution < 1.29 is 5.11 Å². The first kappa shape index (κ1) is 20.8. The topological polar surface area (TPSA) is 171 Å². The molecule has 0 aliphatic carbocycles. The van der Waals surface area contributed by atoms with E-state index in [1.807, 2.05) is 13.8 Å². The van der Waals surface area contributed by atoms with Gasteiger partial charge in [-0.15, -0.1) is 0 Å². The van der Waals surface area contributed by atoms with Crippen LogP contribution in [0.25, 0.3) is 0 Å². The number of nitrogens with zero attached hydrogens (tertiary/aromatic N) is 3. The van der Waals surface area contributed by atoms with E-state index in [2.05, 4.69) is 31.1 Å². The molecule has 0 bridgehead atoms. The molecule has 0 amide bonds. The Kier molecular flexibility index (Phi) is 7.40. The van der Waals surface area contributed by atoms with E-state index in [0.29, 0.717) is 23.9 Å². The molecule has 1 aromatic carbocycles. The van der Waals surface area contributed by atoms with Crippen molar-refractivity contribution >= 4 is 41.5 Å². The summed E-state index contributed by atoms with van der Waals surface area (Å²) in [6.45, 7) is 4.47. The van der Waals surface area contributed by atoms with Crippen LogP contribution in [0, 0.1) is 16.7 Å². The van der Waals surface area contributed by atoms with Crippen LogP contribution in [0.1, 0.15) is 19.4 Å². The summed E-state index contributed by atoms with van der Waals surface area (Å²) in [5.74, 6) is -0.0800. The minimum atomic E-state index is -0.891. The van der Waals surface area contributed by atoms with E-state index in [1.54, 1.807) is 24.3 Å². The average molecular weight is 382 g/mol. The Morgan fingerprint density at radius 1 is 1.36 bits per heavy atom. The largest absolute Gasteiger partial charge is 0.859 e. The lowest BCUT2D eigenvalue weighted by atomic mass is 10.1. The SMILES string of the molecule is CC(C)[C@H](CN)Nc1ncc(C(=N)[O-])c(Nc2cccc(N/N=C\C=N)c2)n1. The number of hydrazone groups is 1. The van der Waals surface area contributed by atoms with Crippen LogP contribution in [-0.2, 0) is 0 Å². The highest BCUT2D eigenvalue weighted by Gasteiger charge is 2.14. The number of aromatic nitrogens is 2. The van der Waals surface area contributed by atoms with E-state index >= 15 is 0 Å². The van der Waals surface area contributed by atoms with E-state index < -0.39 is 5.90 Å². The number of anilines is 4. The van der Waals surface area contributed by atoms with Crippen molar-refractivity contribution in [2.75, 3.05) is 22.6 Å². The molecule has 28 heavy (non-hydrogen) atoms. The van der Waals surface area contributed by atoms with Gasteiger partial charge in [0.1, 0.15) is 5.82 Å². The van der Waals surface area contributed by atoms with Crippen LogP contribution in [-0.4, -0.2) is 40.9 Å². The fourth-order valence-electron chi connectivity index (χ4n) is 2.33. The lowest BCUT2D eigenvalue weighted by Gasteiger charge is -2.22. The standard InChI is InChI=1S/C18H25N9O/c1-11(2)15(9-20)25-18-22-10-14(16(21)28)17(26-18)24-12-4-3-5-13(8-12)27-23-7-6-19/h3-8,10-11,15,19,27H,9,20H2,1-2H3,(H2,21,28)(H2,22,24,25,26)/p-1/b19-6?,23-7-/t15-/m0/s1. The van der Waals surface area contributed by atoms with Crippen LogP contribution in [0.15, 0.2) is 35.6 Å². The lowest BCUT2D eigenvalue weighted by Crippen LogP contribution is -2.34. The van der Waals surface area contributed by atoms with E-state index in [1.165, 1.54) is 12.4 Å². The Bertz CT molecular complexity index is 851. The van der Waals surface area contributed by atoms with Gasteiger partial charge in [-0.25, -0.2) is 4.98 Å². The fourth-order valence-corrected chi connectivity index (χ4v) is 2.33. The van der Waals surface area contributed by atoms with Crippen molar-refractivity contribution in [2.45, 2.75) is 19.9 Å². The number of rotatable bonds is 10. The van der Waals surface area contributed by atoms with E-state index in [9.17, 15) is 5.11 Å². The summed E-state index contributed by atoms with van der Waals surface area (Å²) in [6, 6.07) is 7.10. The van der Waals surface area contributed by atoms with Crippen LogP contribution in [0.5, 0.6) is 0 Å². The van der Waals surface area contributed by atoms with Crippen LogP contribution in [0.4, 0.5) is 23.1 Å². The van der Waals surface area contributed by atoms with Crippen molar-refractivity contribution in [3.05, 3.63) is 36.0 Å². The maximum atomic E-state index is 11.6. The summed E-state index contributed by atoms with van der Waals surface area (Å²) in [4.78, 5) is 8.48. The molecule has 0 aliphatic heterocycles. The van der Waals surface area contributed by atoms with Crippen LogP contribution in [0.2, 0.25) is 0 Å². The zero-order valence-corrected chi connectivity index (χ0v) is 15.7. The first-order valence-electron chi connectivity index (χ1n) is 8.69. The molecule has 0 aliphatic rings. The molecular weight excluding hydrogens is 358 g/mol. The molecule has 2 aromatic rings. The molecule has 148 valence electrons.